The second kappa shape index (κ2) is 6.67. The van der Waals surface area contributed by atoms with Gasteiger partial charge in [-0.2, -0.15) is 5.26 Å². The topological polar surface area (TPSA) is 59.3 Å². The van der Waals surface area contributed by atoms with Gasteiger partial charge in [-0.25, -0.2) is 4.79 Å². The van der Waals surface area contributed by atoms with Gasteiger partial charge < -0.3 is 9.47 Å². The molecular weight excluding hydrogens is 254 g/mol. The summed E-state index contributed by atoms with van der Waals surface area (Å²) in [5.41, 5.74) is 0.413. The molecule has 0 aromatic heterocycles. The van der Waals surface area contributed by atoms with Crippen molar-refractivity contribution in [2.45, 2.75) is 6.92 Å². The van der Waals surface area contributed by atoms with Crippen LogP contribution < -0.4 is 4.74 Å². The summed E-state index contributed by atoms with van der Waals surface area (Å²) in [5, 5.41) is 9.23. The number of nitrogens with zero attached hydrogens (tertiary/aromatic N) is 1. The zero-order valence-corrected chi connectivity index (χ0v) is 10.7. The van der Waals surface area contributed by atoms with Crippen molar-refractivity contribution in [2.24, 2.45) is 0 Å². The minimum atomic E-state index is -0.516. The van der Waals surface area contributed by atoms with Crippen LogP contribution in [0.3, 0.4) is 0 Å². The van der Waals surface area contributed by atoms with E-state index >= 15 is 0 Å². The van der Waals surface area contributed by atoms with Crippen LogP contribution in [0, 0.1) is 11.3 Å². The van der Waals surface area contributed by atoms with Crippen LogP contribution >= 0.6 is 11.6 Å². The summed E-state index contributed by atoms with van der Waals surface area (Å²) in [6, 6.07) is 6.79. The van der Waals surface area contributed by atoms with Gasteiger partial charge in [-0.3, -0.25) is 0 Å². The third kappa shape index (κ3) is 3.51. The molecule has 0 radical (unpaired) electrons. The van der Waals surface area contributed by atoms with Crippen LogP contribution in [0.25, 0.3) is 0 Å². The highest BCUT2D eigenvalue weighted by atomic mass is 35.5. The van der Waals surface area contributed by atoms with E-state index in [4.69, 9.17) is 26.3 Å². The average molecular weight is 266 g/mol. The molecule has 1 rings (SSSR count). The van der Waals surface area contributed by atoms with Crippen molar-refractivity contribution in [1.82, 2.24) is 0 Å². The van der Waals surface area contributed by atoms with Crippen molar-refractivity contribution in [2.75, 3.05) is 13.2 Å². The largest absolute Gasteiger partial charge is 0.487 e. The van der Waals surface area contributed by atoms with E-state index < -0.39 is 5.97 Å². The molecule has 0 amide bonds. The lowest BCUT2D eigenvalue weighted by Crippen LogP contribution is -2.13. The molecule has 0 bridgehead atoms. The molecule has 0 aliphatic heterocycles. The van der Waals surface area contributed by atoms with E-state index in [1.54, 1.807) is 25.1 Å². The van der Waals surface area contributed by atoms with E-state index in [0.29, 0.717) is 10.8 Å². The van der Waals surface area contributed by atoms with Crippen LogP contribution in [0.15, 0.2) is 30.4 Å². The molecule has 0 N–H and O–H groups in total. The van der Waals surface area contributed by atoms with Gasteiger partial charge in [-0.05, 0) is 19.1 Å². The minimum absolute atomic E-state index is 0.0478. The number of benzene rings is 1. The Kier molecular flexibility index (Phi) is 5.22. The highest BCUT2D eigenvalue weighted by Gasteiger charge is 2.11. The smallest absolute Gasteiger partial charge is 0.336 e. The molecule has 0 spiro atoms. The summed E-state index contributed by atoms with van der Waals surface area (Å²) in [7, 11) is 0. The van der Waals surface area contributed by atoms with Crippen LogP contribution in [-0.2, 0) is 9.53 Å². The van der Waals surface area contributed by atoms with E-state index in [2.05, 4.69) is 6.58 Å². The quantitative estimate of drug-likeness (QED) is 0.607. The van der Waals surface area contributed by atoms with Gasteiger partial charge in [0.1, 0.15) is 24.0 Å². The summed E-state index contributed by atoms with van der Waals surface area (Å²) in [5.74, 6) is -0.200. The van der Waals surface area contributed by atoms with Gasteiger partial charge in [0, 0.05) is 0 Å². The number of esters is 1. The van der Waals surface area contributed by atoms with Gasteiger partial charge in [0.25, 0.3) is 0 Å². The first-order valence-corrected chi connectivity index (χ1v) is 5.64. The molecule has 1 aromatic carbocycles. The maximum atomic E-state index is 11.3. The molecule has 1 aromatic rings. The standard InChI is InChI=1S/C13H12ClNO3/c1-3-17-13(16)9(2)8-18-12-6-4-5-11(14)10(12)7-15/h4-6H,2-3,8H2,1H3. The Labute approximate surface area is 110 Å². The van der Waals surface area contributed by atoms with Crippen LogP contribution in [0.4, 0.5) is 0 Å². The number of hydrogen-bond donors (Lipinski definition) is 0. The molecule has 94 valence electrons. The molecule has 18 heavy (non-hydrogen) atoms. The van der Waals surface area contributed by atoms with E-state index in [1.165, 1.54) is 0 Å². The maximum absolute atomic E-state index is 11.3. The molecule has 0 aliphatic carbocycles. The van der Waals surface area contributed by atoms with Crippen LogP contribution in [0.5, 0.6) is 5.75 Å². The van der Waals surface area contributed by atoms with Gasteiger partial charge >= 0.3 is 5.97 Å². The first-order valence-electron chi connectivity index (χ1n) is 5.26. The Morgan fingerprint density at radius 1 is 1.56 bits per heavy atom. The summed E-state index contributed by atoms with van der Waals surface area (Å²) in [6.45, 7) is 5.48. The Morgan fingerprint density at radius 2 is 2.28 bits per heavy atom. The SMILES string of the molecule is C=C(COc1cccc(Cl)c1C#N)C(=O)OCC. The van der Waals surface area contributed by atoms with Gasteiger partial charge in [0.15, 0.2) is 0 Å². The Balaban J connectivity index is 2.70. The zero-order chi connectivity index (χ0) is 13.5. The first-order chi connectivity index (χ1) is 8.60. The van der Waals surface area contributed by atoms with Crippen LogP contribution in [0.1, 0.15) is 12.5 Å². The highest BCUT2D eigenvalue weighted by molar-refractivity contribution is 6.31. The predicted octanol–water partition coefficient (Wildman–Crippen LogP) is 2.71. The molecule has 0 atom stereocenters. The van der Waals surface area contributed by atoms with Crippen molar-refractivity contribution < 1.29 is 14.3 Å². The fraction of sp³-hybridized carbons (Fsp3) is 0.231. The van der Waals surface area contributed by atoms with Gasteiger partial charge in [-0.1, -0.05) is 24.2 Å². The van der Waals surface area contributed by atoms with Crippen molar-refractivity contribution in [3.05, 3.63) is 40.9 Å². The lowest BCUT2D eigenvalue weighted by molar-refractivity contribution is -0.138. The number of carbonyl (C=O) groups excluding carboxylic acids is 1. The van der Waals surface area contributed by atoms with E-state index in [0.717, 1.165) is 0 Å². The monoisotopic (exact) mass is 265 g/mol. The molecule has 0 unspecified atom stereocenters. The molecule has 0 saturated heterocycles. The lowest BCUT2D eigenvalue weighted by Gasteiger charge is -2.09. The van der Waals surface area contributed by atoms with Crippen LogP contribution in [0.2, 0.25) is 5.02 Å². The van der Waals surface area contributed by atoms with E-state index in [1.807, 2.05) is 6.07 Å². The number of ether oxygens (including phenoxy) is 2. The fourth-order valence-corrected chi connectivity index (χ4v) is 1.40. The average Bonchev–Trinajstić information content (AvgIpc) is 2.36. The highest BCUT2D eigenvalue weighted by Crippen LogP contribution is 2.25. The third-order valence-electron chi connectivity index (χ3n) is 2.05. The van der Waals surface area contributed by atoms with E-state index in [-0.39, 0.29) is 24.4 Å². The van der Waals surface area contributed by atoms with Crippen molar-refractivity contribution >= 4 is 17.6 Å². The van der Waals surface area contributed by atoms with Crippen molar-refractivity contribution in [1.29, 1.82) is 5.26 Å². The second-order valence-corrected chi connectivity index (χ2v) is 3.74. The number of halogens is 1. The number of rotatable bonds is 5. The Hall–Kier alpha value is -1.99. The molecule has 0 saturated carbocycles. The number of nitriles is 1. The Bertz CT molecular complexity index is 505. The molecule has 0 aliphatic rings. The fourth-order valence-electron chi connectivity index (χ4n) is 1.19. The Morgan fingerprint density at radius 3 is 2.89 bits per heavy atom. The summed E-state index contributed by atoms with van der Waals surface area (Å²) in [6.07, 6.45) is 0. The molecular formula is C13H12ClNO3. The third-order valence-corrected chi connectivity index (χ3v) is 2.37. The molecule has 4 nitrogen and oxygen atoms in total. The normalized spacial score (nSPS) is 9.39. The molecule has 0 heterocycles. The number of hydrogen-bond acceptors (Lipinski definition) is 4. The van der Waals surface area contributed by atoms with Crippen LogP contribution in [-0.4, -0.2) is 19.2 Å². The predicted molar refractivity (Wildman–Crippen MR) is 67.4 cm³/mol. The maximum Gasteiger partial charge on any atom is 0.336 e. The first kappa shape index (κ1) is 14.1. The lowest BCUT2D eigenvalue weighted by atomic mass is 10.2. The summed E-state index contributed by atoms with van der Waals surface area (Å²) < 4.78 is 10.1. The van der Waals surface area contributed by atoms with Gasteiger partial charge in [0.05, 0.1) is 17.2 Å². The summed E-state index contributed by atoms with van der Waals surface area (Å²) in [4.78, 5) is 11.3. The second-order valence-electron chi connectivity index (χ2n) is 3.34. The summed E-state index contributed by atoms with van der Waals surface area (Å²) >= 11 is 5.84. The van der Waals surface area contributed by atoms with Crippen molar-refractivity contribution in [3.8, 4) is 11.8 Å². The van der Waals surface area contributed by atoms with Gasteiger partial charge in [-0.15, -0.1) is 0 Å². The zero-order valence-electron chi connectivity index (χ0n) is 9.90. The number of carbonyl (C=O) groups is 1. The van der Waals surface area contributed by atoms with Gasteiger partial charge in [0.2, 0.25) is 0 Å². The minimum Gasteiger partial charge on any atom is -0.487 e. The molecule has 0 fully saturated rings. The van der Waals surface area contributed by atoms with E-state index in [9.17, 15) is 4.79 Å². The van der Waals surface area contributed by atoms with Crippen molar-refractivity contribution in [3.63, 3.8) is 0 Å². The molecule has 5 heteroatoms.